The molecule has 0 bridgehead atoms. The van der Waals surface area contributed by atoms with Crippen molar-refractivity contribution in [1.29, 1.82) is 0 Å². The van der Waals surface area contributed by atoms with E-state index in [1.54, 1.807) is 22.7 Å². The van der Waals surface area contributed by atoms with E-state index in [1.165, 1.54) is 9.18 Å². The van der Waals surface area contributed by atoms with Crippen LogP contribution in [-0.4, -0.2) is 50.3 Å². The molecular formula is C14H25N3O2S2. The van der Waals surface area contributed by atoms with E-state index in [4.69, 9.17) is 0 Å². The maximum atomic E-state index is 12.7. The maximum absolute atomic E-state index is 12.7. The Bertz CT molecular complexity index is 556. The van der Waals surface area contributed by atoms with E-state index in [2.05, 4.69) is 16.8 Å². The quantitative estimate of drug-likeness (QED) is 0.776. The van der Waals surface area contributed by atoms with Gasteiger partial charge in [-0.25, -0.2) is 0 Å². The van der Waals surface area contributed by atoms with Crippen LogP contribution in [0, 0.1) is 0 Å². The summed E-state index contributed by atoms with van der Waals surface area (Å²) in [6, 6.07) is 1.98. The van der Waals surface area contributed by atoms with E-state index in [0.29, 0.717) is 13.1 Å². The van der Waals surface area contributed by atoms with Crippen molar-refractivity contribution in [3.05, 3.63) is 21.9 Å². The van der Waals surface area contributed by atoms with Crippen LogP contribution in [0.2, 0.25) is 0 Å². The van der Waals surface area contributed by atoms with Crippen LogP contribution in [0.15, 0.2) is 11.4 Å². The number of rotatable bonds is 7. The Hall–Kier alpha value is -0.470. The predicted octanol–water partition coefficient (Wildman–Crippen LogP) is 1.84. The molecule has 0 saturated carbocycles. The molecule has 0 aromatic carbocycles. The fraction of sp³-hybridized carbons (Fsp3) is 0.714. The molecule has 1 N–H and O–H groups in total. The van der Waals surface area contributed by atoms with Gasteiger partial charge in [-0.05, 0) is 49.9 Å². The molecule has 7 heteroatoms. The van der Waals surface area contributed by atoms with E-state index >= 15 is 0 Å². The van der Waals surface area contributed by atoms with Crippen molar-refractivity contribution in [2.24, 2.45) is 0 Å². The summed E-state index contributed by atoms with van der Waals surface area (Å²) in [6.07, 6.45) is 1.65. The van der Waals surface area contributed by atoms with E-state index < -0.39 is 10.2 Å². The molecule has 21 heavy (non-hydrogen) atoms. The summed E-state index contributed by atoms with van der Waals surface area (Å²) in [6.45, 7) is 6.92. The zero-order chi connectivity index (χ0) is 15.5. The van der Waals surface area contributed by atoms with Crippen LogP contribution in [0.1, 0.15) is 36.8 Å². The number of thiophene rings is 1. The molecule has 2 rings (SSSR count). The molecule has 0 spiro atoms. The normalized spacial score (nSPS) is 19.9. The highest BCUT2D eigenvalue weighted by Crippen LogP contribution is 2.34. The van der Waals surface area contributed by atoms with Gasteiger partial charge in [0, 0.05) is 31.1 Å². The summed E-state index contributed by atoms with van der Waals surface area (Å²) in [5, 5.41) is 5.27. The number of hydrogen-bond acceptors (Lipinski definition) is 4. The lowest BCUT2D eigenvalue weighted by Gasteiger charge is -2.35. The van der Waals surface area contributed by atoms with Gasteiger partial charge in [0.1, 0.15) is 0 Å². The molecule has 2 heterocycles. The predicted molar refractivity (Wildman–Crippen MR) is 87.9 cm³/mol. The Kier molecular flexibility index (Phi) is 5.79. The van der Waals surface area contributed by atoms with Crippen molar-refractivity contribution in [3.8, 4) is 0 Å². The summed E-state index contributed by atoms with van der Waals surface area (Å²) in [5.74, 6) is 0. The minimum absolute atomic E-state index is 0.0683. The largest absolute Gasteiger partial charge is 0.317 e. The average Bonchev–Trinajstić information content (AvgIpc) is 2.92. The molecule has 0 fully saturated rings. The molecular weight excluding hydrogens is 306 g/mol. The van der Waals surface area contributed by atoms with Gasteiger partial charge in [-0.2, -0.15) is 17.0 Å². The Morgan fingerprint density at radius 1 is 1.52 bits per heavy atom. The van der Waals surface area contributed by atoms with Crippen LogP contribution in [0.4, 0.5) is 0 Å². The van der Waals surface area contributed by atoms with Gasteiger partial charge >= 0.3 is 0 Å². The van der Waals surface area contributed by atoms with Crippen LogP contribution in [0.25, 0.3) is 0 Å². The molecule has 120 valence electrons. The Morgan fingerprint density at radius 3 is 3.00 bits per heavy atom. The van der Waals surface area contributed by atoms with Crippen molar-refractivity contribution in [2.75, 3.05) is 33.2 Å². The first-order valence-electron chi connectivity index (χ1n) is 7.48. The van der Waals surface area contributed by atoms with Gasteiger partial charge in [0.15, 0.2) is 0 Å². The van der Waals surface area contributed by atoms with E-state index in [0.717, 1.165) is 31.5 Å². The van der Waals surface area contributed by atoms with Crippen LogP contribution in [0.5, 0.6) is 0 Å². The minimum atomic E-state index is -3.38. The van der Waals surface area contributed by atoms with Crippen molar-refractivity contribution < 1.29 is 8.42 Å². The first-order valence-corrected chi connectivity index (χ1v) is 9.76. The van der Waals surface area contributed by atoms with Crippen molar-refractivity contribution in [3.63, 3.8) is 0 Å². The molecule has 1 aromatic heterocycles. The second-order valence-corrected chi connectivity index (χ2v) is 8.36. The van der Waals surface area contributed by atoms with Crippen LogP contribution >= 0.6 is 11.3 Å². The number of fused-ring (bicyclic) bond motifs is 1. The number of nitrogens with one attached hydrogen (secondary N) is 1. The molecule has 0 saturated heterocycles. The van der Waals surface area contributed by atoms with Crippen LogP contribution in [-0.2, 0) is 16.6 Å². The summed E-state index contributed by atoms with van der Waals surface area (Å²) in [4.78, 5) is 1.32. The zero-order valence-electron chi connectivity index (χ0n) is 13.0. The monoisotopic (exact) mass is 331 g/mol. The second kappa shape index (κ2) is 7.19. The van der Waals surface area contributed by atoms with Gasteiger partial charge in [0.05, 0.1) is 0 Å². The molecule has 0 amide bonds. The molecule has 1 unspecified atom stereocenters. The average molecular weight is 332 g/mol. The molecule has 1 aliphatic heterocycles. The third kappa shape index (κ3) is 3.65. The highest BCUT2D eigenvalue weighted by Gasteiger charge is 2.35. The topological polar surface area (TPSA) is 52.7 Å². The molecule has 5 nitrogen and oxygen atoms in total. The highest BCUT2D eigenvalue weighted by molar-refractivity contribution is 7.86. The van der Waals surface area contributed by atoms with Crippen molar-refractivity contribution in [1.82, 2.24) is 13.9 Å². The minimum Gasteiger partial charge on any atom is -0.317 e. The molecule has 1 aromatic rings. The smallest absolute Gasteiger partial charge is 0.282 e. The lowest BCUT2D eigenvalue weighted by Crippen LogP contribution is -2.46. The van der Waals surface area contributed by atoms with Gasteiger partial charge < -0.3 is 5.32 Å². The van der Waals surface area contributed by atoms with Gasteiger partial charge in [-0.3, -0.25) is 0 Å². The third-order valence-electron chi connectivity index (χ3n) is 3.99. The number of nitrogens with zero attached hydrogens (tertiary/aromatic N) is 2. The SMILES string of the molecule is CCNCCCN(C)S(=O)(=O)N1CCc2sccc2C1C. The van der Waals surface area contributed by atoms with Crippen LogP contribution < -0.4 is 5.32 Å². The molecule has 1 aliphatic rings. The van der Waals surface area contributed by atoms with Crippen molar-refractivity contribution >= 4 is 21.5 Å². The summed E-state index contributed by atoms with van der Waals surface area (Å²) >= 11 is 1.73. The summed E-state index contributed by atoms with van der Waals surface area (Å²) in [5.41, 5.74) is 1.16. The molecule has 1 atom stereocenters. The Morgan fingerprint density at radius 2 is 2.29 bits per heavy atom. The van der Waals surface area contributed by atoms with Gasteiger partial charge in [-0.1, -0.05) is 6.92 Å². The zero-order valence-corrected chi connectivity index (χ0v) is 14.6. The number of hydrogen-bond donors (Lipinski definition) is 1. The maximum Gasteiger partial charge on any atom is 0.282 e. The second-order valence-electron chi connectivity index (χ2n) is 5.37. The molecule has 0 aliphatic carbocycles. The molecule has 0 radical (unpaired) electrons. The van der Waals surface area contributed by atoms with Gasteiger partial charge in [0.2, 0.25) is 0 Å². The van der Waals surface area contributed by atoms with E-state index in [1.807, 2.05) is 13.8 Å². The lowest BCUT2D eigenvalue weighted by atomic mass is 10.0. The standard InChI is InChI=1S/C14H25N3O2S2/c1-4-15-8-5-9-16(3)21(18,19)17-10-6-14-13(12(17)2)7-11-20-14/h7,11-12,15H,4-6,8-10H2,1-3H3. The first-order chi connectivity index (χ1) is 9.98. The van der Waals surface area contributed by atoms with E-state index in [-0.39, 0.29) is 6.04 Å². The fourth-order valence-corrected chi connectivity index (χ4v) is 5.22. The van der Waals surface area contributed by atoms with Crippen LogP contribution in [0.3, 0.4) is 0 Å². The summed E-state index contributed by atoms with van der Waals surface area (Å²) in [7, 11) is -1.70. The highest BCUT2D eigenvalue weighted by atomic mass is 32.2. The first kappa shape index (κ1) is 16.9. The van der Waals surface area contributed by atoms with Gasteiger partial charge in [0.25, 0.3) is 10.2 Å². The van der Waals surface area contributed by atoms with Gasteiger partial charge in [-0.15, -0.1) is 11.3 Å². The van der Waals surface area contributed by atoms with E-state index in [9.17, 15) is 8.42 Å². The third-order valence-corrected chi connectivity index (χ3v) is 7.05. The van der Waals surface area contributed by atoms with Crippen molar-refractivity contribution in [2.45, 2.75) is 32.7 Å². The lowest BCUT2D eigenvalue weighted by molar-refractivity contribution is 0.297. The Balaban J connectivity index is 2.03. The fourth-order valence-electron chi connectivity index (χ4n) is 2.70. The Labute approximate surface area is 132 Å². The summed E-state index contributed by atoms with van der Waals surface area (Å²) < 4.78 is 28.6.